The van der Waals surface area contributed by atoms with E-state index in [1.807, 2.05) is 0 Å². The maximum Gasteiger partial charge on any atom is 0.334 e. The third kappa shape index (κ3) is 2.72. The molecule has 0 amide bonds. The van der Waals surface area contributed by atoms with Crippen molar-refractivity contribution >= 4 is 11.8 Å². The van der Waals surface area contributed by atoms with Gasteiger partial charge in [0.1, 0.15) is 5.82 Å². The van der Waals surface area contributed by atoms with E-state index in [1.54, 1.807) is 13.8 Å². The molecule has 1 aliphatic heterocycles. The Hall–Kier alpha value is -2.43. The molecule has 2 N–H and O–H groups in total. The van der Waals surface area contributed by atoms with Gasteiger partial charge in [0.15, 0.2) is 5.78 Å². The van der Waals surface area contributed by atoms with Gasteiger partial charge in [0.2, 0.25) is 0 Å². The van der Waals surface area contributed by atoms with Crippen LogP contribution in [0.1, 0.15) is 32.3 Å². The van der Waals surface area contributed by atoms with Crippen molar-refractivity contribution in [3.05, 3.63) is 58.2 Å². The minimum absolute atomic E-state index is 0.109. The number of carbonyl (C=O) groups excluding carboxylic acids is 1. The lowest BCUT2D eigenvalue weighted by Gasteiger charge is -2.29. The lowest BCUT2D eigenvalue weighted by Crippen LogP contribution is -2.30. The summed E-state index contributed by atoms with van der Waals surface area (Å²) in [5.41, 5.74) is 2.19. The molecule has 0 fully saturated rings. The number of halogens is 1. The topological polar surface area (TPSA) is 66.4 Å². The molecule has 2 rings (SSSR count). The third-order valence-corrected chi connectivity index (χ3v) is 3.57. The van der Waals surface area contributed by atoms with Crippen LogP contribution >= 0.6 is 0 Å². The number of hydrogen-bond acceptors (Lipinski definition) is 3. The number of carboxylic acids is 1. The van der Waals surface area contributed by atoms with Gasteiger partial charge in [-0.2, -0.15) is 0 Å². The highest BCUT2D eigenvalue weighted by molar-refractivity contribution is 6.01. The lowest BCUT2D eigenvalue weighted by molar-refractivity contribution is -0.133. The van der Waals surface area contributed by atoms with E-state index in [0.717, 1.165) is 0 Å². The van der Waals surface area contributed by atoms with Crippen LogP contribution in [-0.2, 0) is 9.59 Å². The van der Waals surface area contributed by atoms with E-state index in [-0.39, 0.29) is 11.4 Å². The molecule has 1 heterocycles. The SMILES string of the molecule is CC(=O)C1=C(C)NC(C)=C(C(=O)O)C1c1ccc(F)cc1. The monoisotopic (exact) mass is 289 g/mol. The Morgan fingerprint density at radius 2 is 1.62 bits per heavy atom. The molecule has 0 radical (unpaired) electrons. The van der Waals surface area contributed by atoms with Crippen LogP contribution in [0.25, 0.3) is 0 Å². The van der Waals surface area contributed by atoms with Crippen LogP contribution in [0.15, 0.2) is 46.8 Å². The van der Waals surface area contributed by atoms with Crippen molar-refractivity contribution in [1.82, 2.24) is 5.32 Å². The maximum absolute atomic E-state index is 13.1. The van der Waals surface area contributed by atoms with Crippen LogP contribution in [0.3, 0.4) is 0 Å². The third-order valence-electron chi connectivity index (χ3n) is 3.57. The van der Waals surface area contributed by atoms with E-state index in [4.69, 9.17) is 0 Å². The fourth-order valence-corrected chi connectivity index (χ4v) is 2.73. The van der Waals surface area contributed by atoms with E-state index in [0.29, 0.717) is 22.5 Å². The van der Waals surface area contributed by atoms with Crippen LogP contribution in [0.2, 0.25) is 0 Å². The molecule has 0 aromatic heterocycles. The van der Waals surface area contributed by atoms with Crippen molar-refractivity contribution in [3.8, 4) is 0 Å². The second-order valence-corrected chi connectivity index (χ2v) is 5.05. The largest absolute Gasteiger partial charge is 0.478 e. The molecule has 1 aromatic rings. The molecule has 5 heteroatoms. The quantitative estimate of drug-likeness (QED) is 0.898. The number of carboxylic acid groups (broad SMARTS) is 1. The summed E-state index contributed by atoms with van der Waals surface area (Å²) in [6, 6.07) is 5.55. The van der Waals surface area contributed by atoms with Crippen molar-refractivity contribution < 1.29 is 19.1 Å². The molecule has 0 saturated carbocycles. The fourth-order valence-electron chi connectivity index (χ4n) is 2.73. The average Bonchev–Trinajstić information content (AvgIpc) is 2.37. The van der Waals surface area contributed by atoms with E-state index in [9.17, 15) is 19.1 Å². The lowest BCUT2D eigenvalue weighted by atomic mass is 9.79. The molecule has 1 aliphatic rings. The number of carbonyl (C=O) groups is 2. The number of benzene rings is 1. The molecule has 0 aliphatic carbocycles. The second-order valence-electron chi connectivity index (χ2n) is 5.05. The smallest absolute Gasteiger partial charge is 0.334 e. The zero-order valence-corrected chi connectivity index (χ0v) is 12.0. The predicted octanol–water partition coefficient (Wildman–Crippen LogP) is 2.73. The van der Waals surface area contributed by atoms with Gasteiger partial charge in [0.25, 0.3) is 0 Å². The average molecular weight is 289 g/mol. The van der Waals surface area contributed by atoms with Gasteiger partial charge in [-0.05, 0) is 38.5 Å². The normalized spacial score (nSPS) is 18.6. The Balaban J connectivity index is 2.67. The Morgan fingerprint density at radius 3 is 2.10 bits per heavy atom. The molecule has 0 bridgehead atoms. The first-order valence-corrected chi connectivity index (χ1v) is 6.51. The highest BCUT2D eigenvalue weighted by atomic mass is 19.1. The minimum atomic E-state index is -1.10. The Labute approximate surface area is 122 Å². The summed E-state index contributed by atoms with van der Waals surface area (Å²) in [7, 11) is 0. The zero-order valence-electron chi connectivity index (χ0n) is 12.0. The number of rotatable bonds is 3. The van der Waals surface area contributed by atoms with Gasteiger partial charge in [0, 0.05) is 22.9 Å². The first-order valence-electron chi connectivity index (χ1n) is 6.51. The van der Waals surface area contributed by atoms with Crippen LogP contribution in [0.5, 0.6) is 0 Å². The number of hydrogen-bond donors (Lipinski definition) is 2. The molecule has 0 spiro atoms. The van der Waals surface area contributed by atoms with E-state index in [2.05, 4.69) is 5.32 Å². The van der Waals surface area contributed by atoms with Crippen molar-refractivity contribution in [1.29, 1.82) is 0 Å². The summed E-state index contributed by atoms with van der Waals surface area (Å²) in [6.45, 7) is 4.78. The number of allylic oxidation sites excluding steroid dienone is 3. The number of dihydropyridines is 1. The van der Waals surface area contributed by atoms with Gasteiger partial charge in [-0.1, -0.05) is 12.1 Å². The molecule has 1 aromatic carbocycles. The number of aliphatic carboxylic acids is 1. The van der Waals surface area contributed by atoms with Crippen molar-refractivity contribution in [2.24, 2.45) is 0 Å². The summed E-state index contributed by atoms with van der Waals surface area (Å²) in [5.74, 6) is -2.40. The highest BCUT2D eigenvalue weighted by Crippen LogP contribution is 2.38. The minimum Gasteiger partial charge on any atom is -0.478 e. The molecule has 1 atom stereocenters. The molecule has 110 valence electrons. The summed E-state index contributed by atoms with van der Waals surface area (Å²) < 4.78 is 13.1. The van der Waals surface area contributed by atoms with Crippen LogP contribution in [0.4, 0.5) is 4.39 Å². The predicted molar refractivity (Wildman–Crippen MR) is 76.0 cm³/mol. The fraction of sp³-hybridized carbons (Fsp3) is 0.250. The van der Waals surface area contributed by atoms with Gasteiger partial charge in [-0.15, -0.1) is 0 Å². The van der Waals surface area contributed by atoms with Crippen molar-refractivity contribution in [2.75, 3.05) is 0 Å². The number of nitrogens with one attached hydrogen (secondary N) is 1. The molecule has 21 heavy (non-hydrogen) atoms. The summed E-state index contributed by atoms with van der Waals surface area (Å²) in [6.07, 6.45) is 0. The Kier molecular flexibility index (Phi) is 3.93. The zero-order chi connectivity index (χ0) is 15.7. The van der Waals surface area contributed by atoms with Crippen LogP contribution < -0.4 is 5.32 Å². The summed E-state index contributed by atoms with van der Waals surface area (Å²) >= 11 is 0. The van der Waals surface area contributed by atoms with Gasteiger partial charge < -0.3 is 10.4 Å². The Morgan fingerprint density at radius 1 is 1.10 bits per heavy atom. The molecular formula is C16H16FNO3. The molecule has 4 nitrogen and oxygen atoms in total. The number of ketones is 1. The summed E-state index contributed by atoms with van der Waals surface area (Å²) in [5, 5.41) is 12.4. The van der Waals surface area contributed by atoms with Crippen LogP contribution in [0, 0.1) is 5.82 Å². The van der Waals surface area contributed by atoms with Crippen molar-refractivity contribution in [3.63, 3.8) is 0 Å². The van der Waals surface area contributed by atoms with Crippen molar-refractivity contribution in [2.45, 2.75) is 26.7 Å². The number of Topliss-reactive ketones (excluding diaryl/α,β-unsaturated/α-hetero) is 1. The highest BCUT2D eigenvalue weighted by Gasteiger charge is 2.34. The standard InChI is InChI=1S/C16H16FNO3/c1-8-13(10(3)19)15(11-4-6-12(17)7-5-11)14(16(20)21)9(2)18-8/h4-7,15,18H,1-3H3,(H,20,21). The van der Waals surface area contributed by atoms with Gasteiger partial charge in [-0.25, -0.2) is 9.18 Å². The molecule has 0 saturated heterocycles. The van der Waals surface area contributed by atoms with Gasteiger partial charge >= 0.3 is 5.97 Å². The van der Waals surface area contributed by atoms with Gasteiger partial charge in [0.05, 0.1) is 5.57 Å². The van der Waals surface area contributed by atoms with Gasteiger partial charge in [-0.3, -0.25) is 4.79 Å². The molecule has 1 unspecified atom stereocenters. The first kappa shape index (κ1) is 15.0. The Bertz CT molecular complexity index is 635. The first-order chi connectivity index (χ1) is 9.82. The second kappa shape index (κ2) is 5.52. The van der Waals surface area contributed by atoms with E-state index >= 15 is 0 Å². The maximum atomic E-state index is 13.1. The molecular weight excluding hydrogens is 273 g/mol. The van der Waals surface area contributed by atoms with Crippen LogP contribution in [-0.4, -0.2) is 16.9 Å². The van der Waals surface area contributed by atoms with E-state index in [1.165, 1.54) is 31.2 Å². The summed E-state index contributed by atoms with van der Waals surface area (Å²) in [4.78, 5) is 23.5. The van der Waals surface area contributed by atoms with E-state index < -0.39 is 17.7 Å².